The van der Waals surface area contributed by atoms with Gasteiger partial charge in [-0.15, -0.1) is 0 Å². The molecule has 68 valence electrons. The highest BCUT2D eigenvalue weighted by molar-refractivity contribution is 5.87. The molecule has 0 heterocycles. The van der Waals surface area contributed by atoms with Gasteiger partial charge in [0, 0.05) is 19.3 Å². The van der Waals surface area contributed by atoms with Crippen LogP contribution in [0.5, 0.6) is 0 Å². The van der Waals surface area contributed by atoms with Crippen molar-refractivity contribution in [3.8, 4) is 0 Å². The zero-order chi connectivity index (χ0) is 9.40. The molecule has 0 saturated heterocycles. The summed E-state index contributed by atoms with van der Waals surface area (Å²) in [7, 11) is 1.62. The first-order valence-electron chi connectivity index (χ1n) is 3.69. The van der Waals surface area contributed by atoms with E-state index in [0.29, 0.717) is 12.2 Å². The minimum Gasteiger partial charge on any atom is -0.431 e. The van der Waals surface area contributed by atoms with Gasteiger partial charge in [0.25, 0.3) is 0 Å². The number of carbonyl (C=O) groups excluding carboxylic acids is 1. The molecule has 0 N–H and O–H groups in total. The van der Waals surface area contributed by atoms with Gasteiger partial charge in [-0.05, 0) is 19.4 Å². The molecule has 0 aromatic heterocycles. The van der Waals surface area contributed by atoms with E-state index in [4.69, 9.17) is 4.74 Å². The number of carbonyl (C=O) groups is 1. The number of esters is 1. The molecule has 0 aliphatic heterocycles. The minimum absolute atomic E-state index is 0.395. The van der Waals surface area contributed by atoms with E-state index in [1.807, 2.05) is 0 Å². The van der Waals surface area contributed by atoms with Crippen molar-refractivity contribution in [3.63, 3.8) is 0 Å². The molecule has 0 atom stereocenters. The maximum Gasteiger partial charge on any atom is 0.337 e. The summed E-state index contributed by atoms with van der Waals surface area (Å²) in [6.07, 6.45) is 3.82. The second kappa shape index (κ2) is 6.61. The van der Waals surface area contributed by atoms with E-state index in [9.17, 15) is 4.79 Å². The highest BCUT2D eigenvalue weighted by Gasteiger charge is 1.98. The van der Waals surface area contributed by atoms with E-state index in [1.54, 1.807) is 20.1 Å². The maximum absolute atomic E-state index is 10.8. The quantitative estimate of drug-likeness (QED) is 0.272. The summed E-state index contributed by atoms with van der Waals surface area (Å²) in [5.41, 5.74) is 0.395. The predicted molar refractivity (Wildman–Crippen MR) is 46.5 cm³/mol. The lowest BCUT2D eigenvalue weighted by Crippen LogP contribution is -1.99. The first-order valence-corrected chi connectivity index (χ1v) is 3.69. The van der Waals surface area contributed by atoms with Gasteiger partial charge in [-0.25, -0.2) is 4.79 Å². The molecular weight excluding hydrogens is 156 g/mol. The Morgan fingerprint density at radius 1 is 1.58 bits per heavy atom. The highest BCUT2D eigenvalue weighted by Crippen LogP contribution is 1.93. The summed E-state index contributed by atoms with van der Waals surface area (Å²) >= 11 is 0. The number of ether oxygens (including phenoxy) is 2. The van der Waals surface area contributed by atoms with Gasteiger partial charge in [-0.2, -0.15) is 0 Å². The standard InChI is InChI=1S/C9H14O3/c1-8(2)9(10)12-7-5-4-6-11-3/h5,7H,1,4,6H2,2-3H3. The van der Waals surface area contributed by atoms with E-state index in [1.165, 1.54) is 6.26 Å². The monoisotopic (exact) mass is 170 g/mol. The Morgan fingerprint density at radius 2 is 2.25 bits per heavy atom. The molecule has 0 unspecified atom stereocenters. The second-order valence-electron chi connectivity index (χ2n) is 2.34. The Balaban J connectivity index is 3.47. The summed E-state index contributed by atoms with van der Waals surface area (Å²) in [6, 6.07) is 0. The van der Waals surface area contributed by atoms with Gasteiger partial charge in [0.1, 0.15) is 0 Å². The van der Waals surface area contributed by atoms with E-state index in [-0.39, 0.29) is 0 Å². The molecule has 0 bridgehead atoms. The Morgan fingerprint density at radius 3 is 2.75 bits per heavy atom. The molecule has 0 aromatic rings. The van der Waals surface area contributed by atoms with Gasteiger partial charge in [-0.1, -0.05) is 6.58 Å². The van der Waals surface area contributed by atoms with Crippen LogP contribution in [0.1, 0.15) is 13.3 Å². The Bertz CT molecular complexity index is 182. The van der Waals surface area contributed by atoms with Crippen LogP contribution in [0.15, 0.2) is 24.5 Å². The Kier molecular flexibility index (Phi) is 6.01. The molecule has 0 radical (unpaired) electrons. The van der Waals surface area contributed by atoms with Crippen molar-refractivity contribution < 1.29 is 14.3 Å². The van der Waals surface area contributed by atoms with Crippen LogP contribution in [-0.4, -0.2) is 19.7 Å². The van der Waals surface area contributed by atoms with Crippen LogP contribution >= 0.6 is 0 Å². The van der Waals surface area contributed by atoms with E-state index in [2.05, 4.69) is 11.3 Å². The third-order valence-electron chi connectivity index (χ3n) is 1.11. The number of hydrogen-bond donors (Lipinski definition) is 0. The molecule has 0 aliphatic carbocycles. The fourth-order valence-corrected chi connectivity index (χ4v) is 0.464. The highest BCUT2D eigenvalue weighted by atomic mass is 16.5. The Labute approximate surface area is 72.7 Å². The molecule has 3 heteroatoms. The molecule has 0 rings (SSSR count). The third kappa shape index (κ3) is 5.68. The molecule has 12 heavy (non-hydrogen) atoms. The predicted octanol–water partition coefficient (Wildman–Crippen LogP) is 1.66. The summed E-state index contributed by atoms with van der Waals surface area (Å²) in [5.74, 6) is -0.399. The van der Waals surface area contributed by atoms with Crippen LogP contribution in [0.4, 0.5) is 0 Å². The van der Waals surface area contributed by atoms with Crippen molar-refractivity contribution in [1.82, 2.24) is 0 Å². The summed E-state index contributed by atoms with van der Waals surface area (Å²) in [6.45, 7) is 5.67. The molecule has 3 nitrogen and oxygen atoms in total. The van der Waals surface area contributed by atoms with Crippen molar-refractivity contribution in [1.29, 1.82) is 0 Å². The van der Waals surface area contributed by atoms with Crippen LogP contribution < -0.4 is 0 Å². The number of hydrogen-bond acceptors (Lipinski definition) is 3. The molecule has 0 spiro atoms. The summed E-state index contributed by atoms with van der Waals surface area (Å²) in [4.78, 5) is 10.8. The molecule has 0 aromatic carbocycles. The van der Waals surface area contributed by atoms with Crippen LogP contribution in [0, 0.1) is 0 Å². The summed E-state index contributed by atoms with van der Waals surface area (Å²) < 4.78 is 9.46. The second-order valence-corrected chi connectivity index (χ2v) is 2.34. The van der Waals surface area contributed by atoms with Gasteiger partial charge in [0.05, 0.1) is 6.26 Å². The smallest absolute Gasteiger partial charge is 0.337 e. The lowest BCUT2D eigenvalue weighted by Gasteiger charge is -1.95. The van der Waals surface area contributed by atoms with Gasteiger partial charge in [0.2, 0.25) is 0 Å². The molecular formula is C9H14O3. The Hall–Kier alpha value is -1.09. The summed E-state index contributed by atoms with van der Waals surface area (Å²) in [5, 5.41) is 0. The zero-order valence-electron chi connectivity index (χ0n) is 7.50. The fraction of sp³-hybridized carbons (Fsp3) is 0.444. The van der Waals surface area contributed by atoms with Crippen LogP contribution in [-0.2, 0) is 14.3 Å². The molecule has 0 fully saturated rings. The largest absolute Gasteiger partial charge is 0.431 e. The van der Waals surface area contributed by atoms with Crippen molar-refractivity contribution in [2.75, 3.05) is 13.7 Å². The first kappa shape index (κ1) is 10.9. The van der Waals surface area contributed by atoms with Gasteiger partial charge in [0.15, 0.2) is 0 Å². The number of methoxy groups -OCH3 is 1. The normalized spacial score (nSPS) is 10.2. The van der Waals surface area contributed by atoms with Crippen LogP contribution in [0.25, 0.3) is 0 Å². The van der Waals surface area contributed by atoms with E-state index >= 15 is 0 Å². The third-order valence-corrected chi connectivity index (χ3v) is 1.11. The van der Waals surface area contributed by atoms with Crippen molar-refractivity contribution >= 4 is 5.97 Å². The van der Waals surface area contributed by atoms with Crippen molar-refractivity contribution in [2.24, 2.45) is 0 Å². The van der Waals surface area contributed by atoms with Crippen LogP contribution in [0.3, 0.4) is 0 Å². The molecule has 0 saturated carbocycles. The molecule has 0 aliphatic rings. The minimum atomic E-state index is -0.399. The fourth-order valence-electron chi connectivity index (χ4n) is 0.464. The first-order chi connectivity index (χ1) is 5.68. The van der Waals surface area contributed by atoms with Crippen molar-refractivity contribution in [3.05, 3.63) is 24.5 Å². The van der Waals surface area contributed by atoms with Gasteiger partial charge in [-0.3, -0.25) is 0 Å². The SMILES string of the molecule is C=C(C)C(=O)OC=CCCOC. The molecule has 0 amide bonds. The lowest BCUT2D eigenvalue weighted by atomic mass is 10.4. The average Bonchev–Trinajstić information content (AvgIpc) is 2.03. The lowest BCUT2D eigenvalue weighted by molar-refractivity contribution is -0.133. The number of rotatable bonds is 5. The van der Waals surface area contributed by atoms with Crippen LogP contribution in [0.2, 0.25) is 0 Å². The van der Waals surface area contributed by atoms with E-state index in [0.717, 1.165) is 6.42 Å². The zero-order valence-corrected chi connectivity index (χ0v) is 7.50. The maximum atomic E-state index is 10.8. The van der Waals surface area contributed by atoms with Crippen molar-refractivity contribution in [2.45, 2.75) is 13.3 Å². The van der Waals surface area contributed by atoms with Gasteiger partial charge < -0.3 is 9.47 Å². The van der Waals surface area contributed by atoms with E-state index < -0.39 is 5.97 Å². The topological polar surface area (TPSA) is 35.5 Å². The average molecular weight is 170 g/mol. The van der Waals surface area contributed by atoms with Gasteiger partial charge >= 0.3 is 5.97 Å².